The molecule has 2 atom stereocenters. The van der Waals surface area contributed by atoms with Crippen LogP contribution in [-0.4, -0.2) is 22.2 Å². The summed E-state index contributed by atoms with van der Waals surface area (Å²) in [4.78, 5) is 4.14. The van der Waals surface area contributed by atoms with Gasteiger partial charge in [0.15, 0.2) is 0 Å². The minimum Gasteiger partial charge on any atom is -0.388 e. The van der Waals surface area contributed by atoms with E-state index in [-0.39, 0.29) is 0 Å². The smallest absolute Gasteiger partial charge is 0.126 e. The quantitative estimate of drug-likeness (QED) is 0.857. The molecular weight excluding hydrogens is 226 g/mol. The molecule has 2 N–H and O–H groups in total. The third-order valence-corrected chi connectivity index (χ3v) is 3.56. The van der Waals surface area contributed by atoms with Crippen LogP contribution in [0.15, 0.2) is 18.3 Å². The number of pyridine rings is 1. The lowest BCUT2D eigenvalue weighted by atomic mass is 9.79. The SMILES string of the molecule is CC1CCCC(O)(CNc2ccc(C#N)cn2)C1. The molecule has 0 aliphatic heterocycles. The van der Waals surface area contributed by atoms with Gasteiger partial charge in [-0.15, -0.1) is 0 Å². The monoisotopic (exact) mass is 245 g/mol. The Morgan fingerprint density at radius 2 is 2.44 bits per heavy atom. The number of hydrogen-bond acceptors (Lipinski definition) is 4. The number of anilines is 1. The third-order valence-electron chi connectivity index (χ3n) is 3.56. The van der Waals surface area contributed by atoms with Crippen LogP contribution in [0.25, 0.3) is 0 Å². The topological polar surface area (TPSA) is 68.9 Å². The first-order chi connectivity index (χ1) is 8.61. The Balaban J connectivity index is 1.92. The molecule has 0 bridgehead atoms. The minimum atomic E-state index is -0.618. The number of nitrogens with zero attached hydrogens (tertiary/aromatic N) is 2. The summed E-state index contributed by atoms with van der Waals surface area (Å²) in [6.45, 7) is 2.71. The lowest BCUT2D eigenvalue weighted by Crippen LogP contribution is -2.41. The van der Waals surface area contributed by atoms with E-state index in [0.717, 1.165) is 19.3 Å². The van der Waals surface area contributed by atoms with E-state index >= 15 is 0 Å². The second-order valence-corrected chi connectivity index (χ2v) is 5.32. The third kappa shape index (κ3) is 3.21. The molecule has 1 aliphatic carbocycles. The van der Waals surface area contributed by atoms with Gasteiger partial charge in [-0.1, -0.05) is 19.8 Å². The molecule has 0 radical (unpaired) electrons. The van der Waals surface area contributed by atoms with Gasteiger partial charge in [0.05, 0.1) is 11.2 Å². The predicted octanol–water partition coefficient (Wildman–Crippen LogP) is 2.31. The number of rotatable bonds is 3. The van der Waals surface area contributed by atoms with Crippen molar-refractivity contribution >= 4 is 5.82 Å². The van der Waals surface area contributed by atoms with E-state index in [1.807, 2.05) is 6.07 Å². The second-order valence-electron chi connectivity index (χ2n) is 5.32. The van der Waals surface area contributed by atoms with Gasteiger partial charge in [-0.2, -0.15) is 5.26 Å². The first kappa shape index (κ1) is 12.8. The molecule has 1 aromatic heterocycles. The lowest BCUT2D eigenvalue weighted by Gasteiger charge is -2.35. The molecular formula is C14H19N3O. The molecule has 0 spiro atoms. The van der Waals surface area contributed by atoms with Gasteiger partial charge >= 0.3 is 0 Å². The van der Waals surface area contributed by atoms with Crippen LogP contribution in [0.5, 0.6) is 0 Å². The van der Waals surface area contributed by atoms with E-state index in [1.165, 1.54) is 12.6 Å². The van der Waals surface area contributed by atoms with Gasteiger partial charge in [-0.3, -0.25) is 0 Å². The molecule has 1 heterocycles. The van der Waals surface area contributed by atoms with Crippen LogP contribution in [0.4, 0.5) is 5.82 Å². The highest BCUT2D eigenvalue weighted by molar-refractivity contribution is 5.39. The van der Waals surface area contributed by atoms with Crippen molar-refractivity contribution in [2.24, 2.45) is 5.92 Å². The first-order valence-corrected chi connectivity index (χ1v) is 6.44. The molecule has 1 saturated carbocycles. The maximum absolute atomic E-state index is 10.5. The van der Waals surface area contributed by atoms with E-state index in [4.69, 9.17) is 5.26 Å². The predicted molar refractivity (Wildman–Crippen MR) is 70.0 cm³/mol. The molecule has 18 heavy (non-hydrogen) atoms. The van der Waals surface area contributed by atoms with Gasteiger partial charge in [0.25, 0.3) is 0 Å². The molecule has 2 unspecified atom stereocenters. The Morgan fingerprint density at radius 1 is 1.61 bits per heavy atom. The highest BCUT2D eigenvalue weighted by Crippen LogP contribution is 2.32. The van der Waals surface area contributed by atoms with Crippen LogP contribution in [0.1, 0.15) is 38.2 Å². The van der Waals surface area contributed by atoms with Gasteiger partial charge in [-0.05, 0) is 30.9 Å². The van der Waals surface area contributed by atoms with Crippen LogP contribution in [0, 0.1) is 17.2 Å². The zero-order valence-electron chi connectivity index (χ0n) is 10.7. The average Bonchev–Trinajstić information content (AvgIpc) is 2.37. The fourth-order valence-corrected chi connectivity index (χ4v) is 2.61. The summed E-state index contributed by atoms with van der Waals surface area (Å²) in [6.07, 6.45) is 5.52. The van der Waals surface area contributed by atoms with Crippen LogP contribution in [0.3, 0.4) is 0 Å². The number of aliphatic hydroxyl groups is 1. The molecule has 4 nitrogen and oxygen atoms in total. The summed E-state index contributed by atoms with van der Waals surface area (Å²) in [5.74, 6) is 1.29. The Bertz CT molecular complexity index is 437. The zero-order chi connectivity index (χ0) is 13.0. The Kier molecular flexibility index (Phi) is 3.83. The zero-order valence-corrected chi connectivity index (χ0v) is 10.7. The van der Waals surface area contributed by atoms with Crippen molar-refractivity contribution in [1.29, 1.82) is 5.26 Å². The Morgan fingerprint density at radius 3 is 3.06 bits per heavy atom. The standard InChI is InChI=1S/C14H19N3O/c1-11-3-2-6-14(18,7-11)10-17-13-5-4-12(8-15)9-16-13/h4-5,9,11,18H,2-3,6-7,10H2,1H3,(H,16,17). The summed E-state index contributed by atoms with van der Waals surface area (Å²) in [7, 11) is 0. The normalized spacial score (nSPS) is 27.5. The van der Waals surface area contributed by atoms with Crippen molar-refractivity contribution in [1.82, 2.24) is 4.98 Å². The van der Waals surface area contributed by atoms with E-state index in [2.05, 4.69) is 17.2 Å². The molecule has 0 saturated heterocycles. The Hall–Kier alpha value is -1.60. The number of nitrogens with one attached hydrogen (secondary N) is 1. The second kappa shape index (κ2) is 5.36. The van der Waals surface area contributed by atoms with Gasteiger partial charge in [0.2, 0.25) is 0 Å². The van der Waals surface area contributed by atoms with Crippen molar-refractivity contribution in [3.05, 3.63) is 23.9 Å². The summed E-state index contributed by atoms with van der Waals surface area (Å²) >= 11 is 0. The fraction of sp³-hybridized carbons (Fsp3) is 0.571. The number of nitriles is 1. The van der Waals surface area contributed by atoms with E-state index in [0.29, 0.717) is 23.8 Å². The molecule has 96 valence electrons. The number of hydrogen-bond donors (Lipinski definition) is 2. The summed E-state index contributed by atoms with van der Waals surface area (Å²) in [5, 5.41) is 22.3. The molecule has 1 aliphatic rings. The van der Waals surface area contributed by atoms with Crippen LogP contribution in [0.2, 0.25) is 0 Å². The van der Waals surface area contributed by atoms with E-state index in [9.17, 15) is 5.11 Å². The molecule has 4 heteroatoms. The van der Waals surface area contributed by atoms with Crippen molar-refractivity contribution in [3.63, 3.8) is 0 Å². The largest absolute Gasteiger partial charge is 0.388 e. The van der Waals surface area contributed by atoms with Crippen molar-refractivity contribution in [2.75, 3.05) is 11.9 Å². The Labute approximate surface area is 108 Å². The van der Waals surface area contributed by atoms with Gasteiger partial charge in [0.1, 0.15) is 11.9 Å². The highest BCUT2D eigenvalue weighted by atomic mass is 16.3. The molecule has 1 aromatic rings. The van der Waals surface area contributed by atoms with Gasteiger partial charge < -0.3 is 10.4 Å². The van der Waals surface area contributed by atoms with Crippen LogP contribution >= 0.6 is 0 Å². The fourth-order valence-electron chi connectivity index (χ4n) is 2.61. The summed E-state index contributed by atoms with van der Waals surface area (Å²) in [5.41, 5.74) is -0.0710. The first-order valence-electron chi connectivity index (χ1n) is 6.44. The van der Waals surface area contributed by atoms with Crippen LogP contribution < -0.4 is 5.32 Å². The van der Waals surface area contributed by atoms with E-state index < -0.39 is 5.60 Å². The van der Waals surface area contributed by atoms with Gasteiger partial charge in [-0.25, -0.2) is 4.98 Å². The van der Waals surface area contributed by atoms with Crippen LogP contribution in [-0.2, 0) is 0 Å². The van der Waals surface area contributed by atoms with E-state index in [1.54, 1.807) is 12.1 Å². The lowest BCUT2D eigenvalue weighted by molar-refractivity contribution is -0.000825. The maximum Gasteiger partial charge on any atom is 0.126 e. The highest BCUT2D eigenvalue weighted by Gasteiger charge is 2.32. The van der Waals surface area contributed by atoms with Gasteiger partial charge in [0, 0.05) is 12.7 Å². The minimum absolute atomic E-state index is 0.524. The van der Waals surface area contributed by atoms with Crippen molar-refractivity contribution < 1.29 is 5.11 Å². The molecule has 2 rings (SSSR count). The summed E-state index contributed by atoms with van der Waals surface area (Å²) < 4.78 is 0. The summed E-state index contributed by atoms with van der Waals surface area (Å²) in [6, 6.07) is 5.53. The molecule has 0 amide bonds. The van der Waals surface area contributed by atoms with Crippen molar-refractivity contribution in [3.8, 4) is 6.07 Å². The van der Waals surface area contributed by atoms with Crippen molar-refractivity contribution in [2.45, 2.75) is 38.2 Å². The number of aromatic nitrogens is 1. The average molecular weight is 245 g/mol. The molecule has 0 aromatic carbocycles. The molecule has 1 fully saturated rings. The maximum atomic E-state index is 10.5.